The molecule has 0 radical (unpaired) electrons. The standard InChI is InChI=1S/C82H160O17P2/c1-5-9-13-17-21-25-28-30-32-34-36-38-40-42-44-46-48-50-53-57-61-65-69-82(87)99-78(73-93-80(85)67-63-59-55-52-49-47-45-43-41-39-37-35-33-31-29-26-22-18-14-10-6-2)75-97-101(90,91)95-71-76(83)70-94-100(88,89)96-74-77(72-92-79(84)66-62-58-54-24-20-16-12-8-4)98-81(86)68-64-60-56-51-27-23-19-15-11-7-3/h76-78,83H,5-75H2,1-4H3,(H,88,89)(H,90,91)/t76-,77+,78+/m0/s1. The molecule has 0 saturated heterocycles. The Balaban J connectivity index is 5.13. The number of unbranched alkanes of at least 4 members (excludes halogenated alkanes) is 57. The monoisotopic (exact) mass is 1480 g/mol. The van der Waals surface area contributed by atoms with Crippen molar-refractivity contribution in [1.82, 2.24) is 0 Å². The molecule has 19 heteroatoms. The van der Waals surface area contributed by atoms with E-state index in [1.807, 2.05) is 0 Å². The number of rotatable bonds is 83. The molecule has 0 aliphatic carbocycles. The summed E-state index contributed by atoms with van der Waals surface area (Å²) in [5.74, 6) is -2.11. The summed E-state index contributed by atoms with van der Waals surface area (Å²) >= 11 is 0. The molecule has 0 bridgehead atoms. The Hall–Kier alpha value is -1.94. The maximum Gasteiger partial charge on any atom is 0.472 e. The van der Waals surface area contributed by atoms with Crippen LogP contribution in [0.15, 0.2) is 0 Å². The van der Waals surface area contributed by atoms with Gasteiger partial charge in [0.15, 0.2) is 12.2 Å². The van der Waals surface area contributed by atoms with Crippen molar-refractivity contribution in [3.8, 4) is 0 Å². The maximum atomic E-state index is 13.1. The lowest BCUT2D eigenvalue weighted by molar-refractivity contribution is -0.161. The van der Waals surface area contributed by atoms with Crippen molar-refractivity contribution in [2.45, 2.75) is 463 Å². The van der Waals surface area contributed by atoms with Gasteiger partial charge < -0.3 is 33.8 Å². The molecule has 0 aliphatic heterocycles. The molecule has 0 amide bonds. The molecule has 5 atom stereocenters. The van der Waals surface area contributed by atoms with E-state index in [-0.39, 0.29) is 25.7 Å². The highest BCUT2D eigenvalue weighted by Gasteiger charge is 2.30. The van der Waals surface area contributed by atoms with Gasteiger partial charge >= 0.3 is 39.5 Å². The second-order valence-corrected chi connectivity index (χ2v) is 32.4. The van der Waals surface area contributed by atoms with Crippen molar-refractivity contribution in [1.29, 1.82) is 0 Å². The topological polar surface area (TPSA) is 237 Å². The SMILES string of the molecule is CCCCCCCCCCCCCCCCCCCCCCCCC(=O)O[C@H](COC(=O)CCCCCCCCCCCCCCCCCCCCCCC)COP(=O)(O)OC[C@@H](O)COP(=O)(O)OC[C@@H](COC(=O)CCCCCCCCCC)OC(=O)CCCCCCCCCCCC. The first kappa shape index (κ1) is 99.1. The fraction of sp³-hybridized carbons (Fsp3) is 0.951. The van der Waals surface area contributed by atoms with Crippen LogP contribution in [0, 0.1) is 0 Å². The Labute approximate surface area is 619 Å². The number of hydrogen-bond acceptors (Lipinski definition) is 15. The lowest BCUT2D eigenvalue weighted by Gasteiger charge is -2.21. The number of hydrogen-bond donors (Lipinski definition) is 3. The summed E-state index contributed by atoms with van der Waals surface area (Å²) in [5, 5.41) is 10.6. The van der Waals surface area contributed by atoms with Gasteiger partial charge in [-0.05, 0) is 25.7 Å². The fourth-order valence-corrected chi connectivity index (χ4v) is 14.4. The zero-order chi connectivity index (χ0) is 73.9. The normalized spacial score (nSPS) is 13.8. The average molecular weight is 1480 g/mol. The third kappa shape index (κ3) is 76.1. The quantitative estimate of drug-likeness (QED) is 0.0222. The minimum absolute atomic E-state index is 0.107. The van der Waals surface area contributed by atoms with Crippen LogP contribution in [0.1, 0.15) is 445 Å². The Morgan fingerprint density at radius 2 is 0.396 bits per heavy atom. The van der Waals surface area contributed by atoms with E-state index in [9.17, 15) is 43.2 Å². The highest BCUT2D eigenvalue weighted by atomic mass is 31.2. The van der Waals surface area contributed by atoms with Crippen molar-refractivity contribution < 1.29 is 80.2 Å². The Bertz CT molecular complexity index is 1910. The molecule has 2 unspecified atom stereocenters. The first-order chi connectivity index (χ1) is 49.2. The van der Waals surface area contributed by atoms with Crippen LogP contribution in [0.4, 0.5) is 0 Å². The van der Waals surface area contributed by atoms with Crippen LogP contribution >= 0.6 is 15.6 Å². The number of phosphoric ester groups is 2. The highest BCUT2D eigenvalue weighted by Crippen LogP contribution is 2.45. The first-order valence-corrected chi connectivity index (χ1v) is 45.8. The predicted molar refractivity (Wildman–Crippen MR) is 414 cm³/mol. The molecule has 0 spiro atoms. The molecule has 0 aromatic heterocycles. The Morgan fingerprint density at radius 3 is 0.584 bits per heavy atom. The average Bonchev–Trinajstić information content (AvgIpc) is 0.973. The summed E-state index contributed by atoms with van der Waals surface area (Å²) in [6.07, 6.45) is 69.8. The van der Waals surface area contributed by atoms with E-state index >= 15 is 0 Å². The zero-order valence-electron chi connectivity index (χ0n) is 65.9. The molecular weight excluding hydrogens is 1320 g/mol. The molecule has 0 aromatic rings. The molecule has 0 aromatic carbocycles. The smallest absolute Gasteiger partial charge is 0.462 e. The van der Waals surface area contributed by atoms with Gasteiger partial charge in [0, 0.05) is 25.7 Å². The van der Waals surface area contributed by atoms with Crippen molar-refractivity contribution in [3.63, 3.8) is 0 Å². The minimum Gasteiger partial charge on any atom is -0.462 e. The number of aliphatic hydroxyl groups is 1. The van der Waals surface area contributed by atoms with Gasteiger partial charge in [-0.3, -0.25) is 37.3 Å². The minimum atomic E-state index is -4.96. The van der Waals surface area contributed by atoms with E-state index in [1.54, 1.807) is 0 Å². The van der Waals surface area contributed by atoms with Crippen LogP contribution in [0.3, 0.4) is 0 Å². The number of carbonyl (C=O) groups is 4. The lowest BCUT2D eigenvalue weighted by atomic mass is 10.0. The molecule has 101 heavy (non-hydrogen) atoms. The van der Waals surface area contributed by atoms with Gasteiger partial charge in [0.05, 0.1) is 26.4 Å². The molecule has 0 aliphatic rings. The molecule has 0 rings (SSSR count). The highest BCUT2D eigenvalue weighted by molar-refractivity contribution is 7.47. The van der Waals surface area contributed by atoms with Crippen molar-refractivity contribution in [2.24, 2.45) is 0 Å². The number of esters is 4. The van der Waals surface area contributed by atoms with Crippen molar-refractivity contribution in [3.05, 3.63) is 0 Å². The van der Waals surface area contributed by atoms with Crippen LogP contribution in [0.5, 0.6) is 0 Å². The zero-order valence-corrected chi connectivity index (χ0v) is 67.7. The van der Waals surface area contributed by atoms with Gasteiger partial charge in [0.2, 0.25) is 0 Å². The van der Waals surface area contributed by atoms with Gasteiger partial charge in [-0.25, -0.2) is 9.13 Å². The largest absolute Gasteiger partial charge is 0.472 e. The number of phosphoric acid groups is 2. The van der Waals surface area contributed by atoms with Crippen molar-refractivity contribution in [2.75, 3.05) is 39.6 Å². The maximum absolute atomic E-state index is 13.1. The summed E-state index contributed by atoms with van der Waals surface area (Å²) < 4.78 is 68.6. The summed E-state index contributed by atoms with van der Waals surface area (Å²) in [5.41, 5.74) is 0. The summed E-state index contributed by atoms with van der Waals surface area (Å²) in [6, 6.07) is 0. The van der Waals surface area contributed by atoms with Crippen LogP contribution in [0.25, 0.3) is 0 Å². The second kappa shape index (κ2) is 76.3. The first-order valence-electron chi connectivity index (χ1n) is 42.8. The third-order valence-electron chi connectivity index (χ3n) is 19.4. The molecule has 0 fully saturated rings. The summed E-state index contributed by atoms with van der Waals surface area (Å²) in [7, 11) is -9.91. The Kier molecular flexibility index (Phi) is 74.8. The summed E-state index contributed by atoms with van der Waals surface area (Å²) in [6.45, 7) is 4.98. The van der Waals surface area contributed by atoms with E-state index in [0.29, 0.717) is 25.7 Å². The van der Waals surface area contributed by atoms with Gasteiger partial charge in [0.25, 0.3) is 0 Å². The molecular formula is C82H160O17P2. The molecule has 17 nitrogen and oxygen atoms in total. The summed E-state index contributed by atoms with van der Waals surface area (Å²) in [4.78, 5) is 72.8. The van der Waals surface area contributed by atoms with Gasteiger partial charge in [0.1, 0.15) is 19.3 Å². The number of aliphatic hydroxyl groups excluding tert-OH is 1. The number of carbonyl (C=O) groups excluding carboxylic acids is 4. The van der Waals surface area contributed by atoms with Crippen LogP contribution in [-0.2, 0) is 65.4 Å². The molecule has 600 valence electrons. The van der Waals surface area contributed by atoms with Crippen LogP contribution < -0.4 is 0 Å². The van der Waals surface area contributed by atoms with Gasteiger partial charge in [-0.15, -0.1) is 0 Å². The van der Waals surface area contributed by atoms with Crippen LogP contribution in [-0.4, -0.2) is 96.7 Å². The molecule has 3 N–H and O–H groups in total. The van der Waals surface area contributed by atoms with Gasteiger partial charge in [-0.2, -0.15) is 0 Å². The Morgan fingerprint density at radius 1 is 0.238 bits per heavy atom. The number of ether oxygens (including phenoxy) is 4. The lowest BCUT2D eigenvalue weighted by Crippen LogP contribution is -2.30. The van der Waals surface area contributed by atoms with E-state index < -0.39 is 97.5 Å². The predicted octanol–water partition coefficient (Wildman–Crippen LogP) is 25.0. The van der Waals surface area contributed by atoms with E-state index in [1.165, 1.54) is 270 Å². The fourth-order valence-electron chi connectivity index (χ4n) is 12.8. The van der Waals surface area contributed by atoms with Crippen molar-refractivity contribution >= 4 is 39.5 Å². The van der Waals surface area contributed by atoms with Crippen LogP contribution in [0.2, 0.25) is 0 Å². The third-order valence-corrected chi connectivity index (χ3v) is 21.3. The van der Waals surface area contributed by atoms with E-state index in [4.69, 9.17) is 37.0 Å². The second-order valence-electron chi connectivity index (χ2n) is 29.5. The molecule has 0 heterocycles. The van der Waals surface area contributed by atoms with E-state index in [2.05, 4.69) is 27.7 Å². The molecule has 0 saturated carbocycles. The van der Waals surface area contributed by atoms with Gasteiger partial charge in [-0.1, -0.05) is 394 Å². The van der Waals surface area contributed by atoms with E-state index in [0.717, 1.165) is 96.3 Å².